The van der Waals surface area contributed by atoms with Gasteiger partial charge in [0, 0.05) is 6.20 Å². The summed E-state index contributed by atoms with van der Waals surface area (Å²) in [4.78, 5) is 17.3. The number of aromatic amines is 1. The smallest absolute Gasteiger partial charge is 0.312 e. The van der Waals surface area contributed by atoms with E-state index in [-0.39, 0.29) is 9.39 Å². The number of hydrogen-bond acceptors (Lipinski definition) is 3. The highest BCUT2D eigenvalue weighted by molar-refractivity contribution is 14.1. The molecule has 0 fully saturated rings. The van der Waals surface area contributed by atoms with Gasteiger partial charge in [0.1, 0.15) is 3.57 Å². The number of halogens is 4. The van der Waals surface area contributed by atoms with Gasteiger partial charge in [-0.15, -0.1) is 0 Å². The molecule has 0 aromatic carbocycles. The molecule has 5 nitrogen and oxygen atoms in total. The van der Waals surface area contributed by atoms with Crippen molar-refractivity contribution in [3.05, 3.63) is 38.2 Å². The van der Waals surface area contributed by atoms with Crippen molar-refractivity contribution in [2.45, 2.75) is 6.18 Å². The lowest BCUT2D eigenvalue weighted by molar-refractivity contribution is -0.137. The predicted molar refractivity (Wildman–Crippen MR) is 59.7 cm³/mol. The molecule has 2 heterocycles. The molecule has 0 spiro atoms. The lowest BCUT2D eigenvalue weighted by atomic mass is 10.4. The van der Waals surface area contributed by atoms with E-state index in [1.165, 1.54) is 0 Å². The summed E-state index contributed by atoms with van der Waals surface area (Å²) in [7, 11) is 0. The van der Waals surface area contributed by atoms with Crippen LogP contribution in [0.2, 0.25) is 0 Å². The fraction of sp³-hybridized carbons (Fsp3) is 0.125. The van der Waals surface area contributed by atoms with Crippen LogP contribution in [0, 0.1) is 3.57 Å². The predicted octanol–water partition coefficient (Wildman–Crippen LogP) is 1.58. The number of nitrogens with zero attached hydrogens (tertiary/aromatic N) is 3. The van der Waals surface area contributed by atoms with Gasteiger partial charge < -0.3 is 4.98 Å². The molecule has 2 aromatic heterocycles. The molecule has 17 heavy (non-hydrogen) atoms. The summed E-state index contributed by atoms with van der Waals surface area (Å²) in [6.07, 6.45) is -1.90. The van der Waals surface area contributed by atoms with Crippen LogP contribution in [0.15, 0.2) is 23.5 Å². The standard InChI is InChI=1S/C8H4F3IN4O/c9-8(10,11)4-1-15-16(2-4)6-5(12)7(17)14-3-13-6/h1-3H,(H,13,14,17). The molecule has 0 atom stereocenters. The summed E-state index contributed by atoms with van der Waals surface area (Å²) in [5.74, 6) is 0.0600. The second-order valence-corrected chi connectivity index (χ2v) is 4.12. The van der Waals surface area contributed by atoms with Gasteiger partial charge in [0.2, 0.25) is 0 Å². The Morgan fingerprint density at radius 2 is 2.12 bits per heavy atom. The van der Waals surface area contributed by atoms with Crippen LogP contribution in [0.3, 0.4) is 0 Å². The molecule has 2 aromatic rings. The van der Waals surface area contributed by atoms with Gasteiger partial charge in [-0.25, -0.2) is 9.67 Å². The van der Waals surface area contributed by atoms with Gasteiger partial charge in [-0.2, -0.15) is 18.3 Å². The molecule has 0 aliphatic rings. The molecule has 0 bridgehead atoms. The molecular weight excluding hydrogens is 352 g/mol. The van der Waals surface area contributed by atoms with Crippen molar-refractivity contribution in [1.29, 1.82) is 0 Å². The minimum absolute atomic E-state index is 0.0600. The zero-order valence-electron chi connectivity index (χ0n) is 7.99. The van der Waals surface area contributed by atoms with Crippen LogP contribution in [0.25, 0.3) is 5.82 Å². The van der Waals surface area contributed by atoms with Crippen molar-refractivity contribution in [3.8, 4) is 5.82 Å². The molecule has 9 heteroatoms. The molecule has 0 amide bonds. The van der Waals surface area contributed by atoms with Crippen molar-refractivity contribution in [2.75, 3.05) is 0 Å². The van der Waals surface area contributed by atoms with E-state index in [1.54, 1.807) is 22.6 Å². The first-order chi connectivity index (χ1) is 7.89. The van der Waals surface area contributed by atoms with Crippen molar-refractivity contribution in [3.63, 3.8) is 0 Å². The average molecular weight is 356 g/mol. The zero-order valence-corrected chi connectivity index (χ0v) is 10.2. The summed E-state index contributed by atoms with van der Waals surface area (Å²) in [6, 6.07) is 0. The third-order valence-corrected chi connectivity index (χ3v) is 2.88. The molecule has 90 valence electrons. The first-order valence-electron chi connectivity index (χ1n) is 4.25. The van der Waals surface area contributed by atoms with Crippen molar-refractivity contribution in [2.24, 2.45) is 0 Å². The van der Waals surface area contributed by atoms with Crippen LogP contribution < -0.4 is 5.56 Å². The molecule has 0 aliphatic carbocycles. The van der Waals surface area contributed by atoms with Gasteiger partial charge in [-0.1, -0.05) is 0 Å². The first kappa shape index (κ1) is 12.1. The normalized spacial score (nSPS) is 11.8. The summed E-state index contributed by atoms with van der Waals surface area (Å²) >= 11 is 1.69. The largest absolute Gasteiger partial charge is 0.419 e. The summed E-state index contributed by atoms with van der Waals surface area (Å²) in [5, 5.41) is 3.53. The highest BCUT2D eigenvalue weighted by Crippen LogP contribution is 2.29. The van der Waals surface area contributed by atoms with Crippen LogP contribution in [-0.4, -0.2) is 19.7 Å². The number of aromatic nitrogens is 4. The highest BCUT2D eigenvalue weighted by atomic mass is 127. The summed E-state index contributed by atoms with van der Waals surface area (Å²) in [5.41, 5.74) is -1.32. The van der Waals surface area contributed by atoms with E-state index in [1.807, 2.05) is 0 Å². The summed E-state index contributed by atoms with van der Waals surface area (Å²) in [6.45, 7) is 0. The van der Waals surface area contributed by atoms with Gasteiger partial charge in [-0.3, -0.25) is 4.79 Å². The van der Waals surface area contributed by atoms with Gasteiger partial charge in [0.05, 0.1) is 18.1 Å². The molecule has 0 saturated carbocycles. The molecular formula is C8H4F3IN4O. The van der Waals surface area contributed by atoms with Gasteiger partial charge in [0.15, 0.2) is 5.82 Å². The number of H-pyrrole nitrogens is 1. The van der Waals surface area contributed by atoms with E-state index in [9.17, 15) is 18.0 Å². The Morgan fingerprint density at radius 3 is 2.71 bits per heavy atom. The third-order valence-electron chi connectivity index (χ3n) is 1.91. The van der Waals surface area contributed by atoms with Crippen molar-refractivity contribution in [1.82, 2.24) is 19.7 Å². The first-order valence-corrected chi connectivity index (χ1v) is 5.33. The van der Waals surface area contributed by atoms with Crippen LogP contribution in [0.4, 0.5) is 13.2 Å². The van der Waals surface area contributed by atoms with E-state index in [0.29, 0.717) is 6.20 Å². The Hall–Kier alpha value is -1.39. The molecule has 0 aliphatic heterocycles. The van der Waals surface area contributed by atoms with Crippen LogP contribution >= 0.6 is 22.6 Å². The molecule has 0 unspecified atom stereocenters. The van der Waals surface area contributed by atoms with E-state index in [0.717, 1.165) is 17.2 Å². The van der Waals surface area contributed by atoms with E-state index in [4.69, 9.17) is 0 Å². The molecule has 0 saturated heterocycles. The molecule has 0 radical (unpaired) electrons. The Kier molecular flexibility index (Phi) is 2.93. The fourth-order valence-corrected chi connectivity index (χ4v) is 1.66. The monoisotopic (exact) mass is 356 g/mol. The lowest BCUT2D eigenvalue weighted by Crippen LogP contribution is -2.15. The Balaban J connectivity index is 2.52. The van der Waals surface area contributed by atoms with Crippen LogP contribution in [-0.2, 0) is 6.18 Å². The highest BCUT2D eigenvalue weighted by Gasteiger charge is 2.32. The van der Waals surface area contributed by atoms with E-state index >= 15 is 0 Å². The Labute approximate surface area is 106 Å². The Morgan fingerprint density at radius 1 is 1.41 bits per heavy atom. The SMILES string of the molecule is O=c1[nH]cnc(-n2cc(C(F)(F)F)cn2)c1I. The fourth-order valence-electron chi connectivity index (χ4n) is 1.12. The van der Waals surface area contributed by atoms with Gasteiger partial charge >= 0.3 is 6.18 Å². The maximum absolute atomic E-state index is 12.4. The minimum Gasteiger partial charge on any atom is -0.312 e. The van der Waals surface area contributed by atoms with Crippen molar-refractivity contribution >= 4 is 22.6 Å². The number of nitrogens with one attached hydrogen (secondary N) is 1. The maximum atomic E-state index is 12.4. The third kappa shape index (κ3) is 2.33. The summed E-state index contributed by atoms with van der Waals surface area (Å²) < 4.78 is 38.1. The number of rotatable bonds is 1. The Bertz CT molecular complexity index is 603. The topological polar surface area (TPSA) is 63.6 Å². The van der Waals surface area contributed by atoms with Crippen LogP contribution in [0.1, 0.15) is 5.56 Å². The molecule has 2 rings (SSSR count). The quantitative estimate of drug-likeness (QED) is 0.790. The van der Waals surface area contributed by atoms with Gasteiger partial charge in [-0.05, 0) is 22.6 Å². The molecule has 1 N–H and O–H groups in total. The lowest BCUT2D eigenvalue weighted by Gasteiger charge is -2.02. The van der Waals surface area contributed by atoms with E-state index < -0.39 is 17.3 Å². The second-order valence-electron chi connectivity index (χ2n) is 3.04. The van der Waals surface area contributed by atoms with Gasteiger partial charge in [0.25, 0.3) is 5.56 Å². The second kappa shape index (κ2) is 4.13. The minimum atomic E-state index is -4.47. The maximum Gasteiger partial charge on any atom is 0.419 e. The van der Waals surface area contributed by atoms with Crippen molar-refractivity contribution < 1.29 is 13.2 Å². The van der Waals surface area contributed by atoms with E-state index in [2.05, 4.69) is 15.1 Å². The van der Waals surface area contributed by atoms with Crippen LogP contribution in [0.5, 0.6) is 0 Å². The number of hydrogen-bond donors (Lipinski definition) is 1. The zero-order chi connectivity index (χ0) is 12.6. The number of alkyl halides is 3. The average Bonchev–Trinajstić information content (AvgIpc) is 2.70.